The summed E-state index contributed by atoms with van der Waals surface area (Å²) in [4.78, 5) is 12.0. The predicted octanol–water partition coefficient (Wildman–Crippen LogP) is 3.49. The maximum atomic E-state index is 12.0. The molecule has 0 aliphatic carbocycles. The predicted molar refractivity (Wildman–Crippen MR) is 63.9 cm³/mol. The van der Waals surface area contributed by atoms with Gasteiger partial charge in [-0.05, 0) is 12.1 Å². The Morgan fingerprint density at radius 3 is 2.47 bits per heavy atom. The van der Waals surface area contributed by atoms with Gasteiger partial charge in [0.15, 0.2) is 11.2 Å². The number of benzene rings is 1. The lowest BCUT2D eigenvalue weighted by molar-refractivity contribution is 0.104. The summed E-state index contributed by atoms with van der Waals surface area (Å²) in [6, 6.07) is 9.54. The highest BCUT2D eigenvalue weighted by Crippen LogP contribution is 2.21. The minimum Gasteiger partial charge on any atom is -0.453 e. The van der Waals surface area contributed by atoms with Crippen molar-refractivity contribution in [2.45, 2.75) is 19.6 Å². The molecule has 0 aliphatic rings. The van der Waals surface area contributed by atoms with E-state index in [2.05, 4.69) is 0 Å². The van der Waals surface area contributed by atoms with E-state index in [1.807, 2.05) is 50.0 Å². The van der Waals surface area contributed by atoms with Crippen LogP contribution in [0.1, 0.15) is 10.6 Å². The van der Waals surface area contributed by atoms with Gasteiger partial charge >= 0.3 is 0 Å². The van der Waals surface area contributed by atoms with Crippen LogP contribution in [0, 0.1) is 0 Å². The largest absolute Gasteiger partial charge is 0.453 e. The molecule has 0 spiro atoms. The van der Waals surface area contributed by atoms with Crippen LogP contribution < -0.4 is 0 Å². The highest BCUT2D eigenvalue weighted by Gasteiger charge is 2.28. The van der Waals surface area contributed by atoms with Crippen LogP contribution in [0.4, 0.5) is 0 Å². The van der Waals surface area contributed by atoms with Gasteiger partial charge in [-0.2, -0.15) is 0 Å². The van der Waals surface area contributed by atoms with Crippen molar-refractivity contribution in [2.24, 2.45) is 0 Å². The Kier molecular flexibility index (Phi) is 2.27. The first kappa shape index (κ1) is 10.2. The Balaban J connectivity index is 2.50. The molecule has 0 amide bonds. The van der Waals surface area contributed by atoms with Gasteiger partial charge < -0.3 is 4.42 Å². The topological polar surface area (TPSA) is 30.2 Å². The number of hydrogen-bond acceptors (Lipinski definition) is 2. The molecule has 0 bridgehead atoms. The lowest BCUT2D eigenvalue weighted by Gasteiger charge is -2.10. The fraction of sp³-hybridized carbons (Fsp3) is 0.250. The Morgan fingerprint density at radius 2 is 1.87 bits per heavy atom. The molecule has 0 fully saturated rings. The standard InChI is InChI=1S/C12H14O2Si/c1-15(2,3)12(13)11-8-9-6-4-5-7-10(9)14-11/h4-8H,1-3H3. The summed E-state index contributed by atoms with van der Waals surface area (Å²) >= 11 is 0. The lowest BCUT2D eigenvalue weighted by Crippen LogP contribution is -2.32. The molecule has 0 saturated heterocycles. The maximum Gasteiger partial charge on any atom is 0.174 e. The third-order valence-electron chi connectivity index (χ3n) is 2.33. The zero-order chi connectivity index (χ0) is 11.1. The van der Waals surface area contributed by atoms with E-state index >= 15 is 0 Å². The summed E-state index contributed by atoms with van der Waals surface area (Å²) in [5.41, 5.74) is 0.791. The fourth-order valence-corrected chi connectivity index (χ4v) is 2.33. The molecule has 0 saturated carbocycles. The second kappa shape index (κ2) is 3.34. The summed E-state index contributed by atoms with van der Waals surface area (Å²) in [6.45, 7) is 6.09. The minimum atomic E-state index is -1.80. The maximum absolute atomic E-state index is 12.0. The summed E-state index contributed by atoms with van der Waals surface area (Å²) in [5, 5.41) is 1.18. The van der Waals surface area contributed by atoms with Crippen molar-refractivity contribution >= 4 is 24.4 Å². The van der Waals surface area contributed by atoms with Crippen LogP contribution in [0.3, 0.4) is 0 Å². The quantitative estimate of drug-likeness (QED) is 0.722. The van der Waals surface area contributed by atoms with Gasteiger partial charge in [0.05, 0.1) is 0 Å². The molecule has 2 aromatic rings. The van der Waals surface area contributed by atoms with Gasteiger partial charge in [-0.3, -0.25) is 4.79 Å². The number of para-hydroxylation sites is 1. The van der Waals surface area contributed by atoms with E-state index in [4.69, 9.17) is 4.42 Å². The third-order valence-corrected chi connectivity index (χ3v) is 3.94. The second-order valence-electron chi connectivity index (χ2n) is 4.73. The molecule has 0 unspecified atom stereocenters. The van der Waals surface area contributed by atoms with Crippen LogP contribution in [0.2, 0.25) is 19.6 Å². The number of furan rings is 1. The first-order chi connectivity index (χ1) is 6.98. The van der Waals surface area contributed by atoms with E-state index in [1.54, 1.807) is 0 Å². The van der Waals surface area contributed by atoms with Crippen molar-refractivity contribution in [3.63, 3.8) is 0 Å². The number of fused-ring (bicyclic) bond motifs is 1. The molecular formula is C12H14O2Si. The van der Waals surface area contributed by atoms with Crippen molar-refractivity contribution in [2.75, 3.05) is 0 Å². The Labute approximate surface area is 89.9 Å². The Bertz CT molecular complexity index is 473. The van der Waals surface area contributed by atoms with Crippen molar-refractivity contribution in [3.8, 4) is 0 Å². The van der Waals surface area contributed by atoms with Gasteiger partial charge in [-0.1, -0.05) is 37.8 Å². The highest BCUT2D eigenvalue weighted by atomic mass is 28.3. The van der Waals surface area contributed by atoms with Gasteiger partial charge in [0, 0.05) is 5.39 Å². The number of hydrogen-bond donors (Lipinski definition) is 0. The Hall–Kier alpha value is -1.35. The summed E-state index contributed by atoms with van der Waals surface area (Å²) in [6.07, 6.45) is 0. The first-order valence-corrected chi connectivity index (χ1v) is 8.52. The summed E-state index contributed by atoms with van der Waals surface area (Å²) in [5.74, 6) is 0.510. The molecule has 0 atom stereocenters. The molecule has 78 valence electrons. The molecule has 1 aromatic carbocycles. The van der Waals surface area contributed by atoms with Crippen LogP contribution in [0.25, 0.3) is 11.0 Å². The number of carbonyl (C=O) groups is 1. The van der Waals surface area contributed by atoms with Crippen molar-refractivity contribution in [3.05, 3.63) is 36.1 Å². The Morgan fingerprint density at radius 1 is 1.20 bits per heavy atom. The molecule has 0 radical (unpaired) electrons. The van der Waals surface area contributed by atoms with Gasteiger partial charge in [0.1, 0.15) is 13.7 Å². The number of carbonyl (C=O) groups excluding carboxylic acids is 1. The van der Waals surface area contributed by atoms with Gasteiger partial charge in [-0.15, -0.1) is 0 Å². The normalized spacial score (nSPS) is 11.9. The van der Waals surface area contributed by atoms with E-state index in [-0.39, 0.29) is 5.41 Å². The highest BCUT2D eigenvalue weighted by molar-refractivity contribution is 7.05. The van der Waals surface area contributed by atoms with Gasteiger partial charge in [0.25, 0.3) is 0 Å². The number of rotatable bonds is 2. The van der Waals surface area contributed by atoms with E-state index < -0.39 is 8.07 Å². The molecule has 0 N–H and O–H groups in total. The molecule has 3 heteroatoms. The molecule has 2 rings (SSSR count). The zero-order valence-corrected chi connectivity index (χ0v) is 10.2. The smallest absolute Gasteiger partial charge is 0.174 e. The first-order valence-electron chi connectivity index (χ1n) is 5.02. The second-order valence-corrected chi connectivity index (χ2v) is 9.68. The van der Waals surface area contributed by atoms with Crippen LogP contribution in [-0.4, -0.2) is 13.5 Å². The van der Waals surface area contributed by atoms with E-state index in [0.29, 0.717) is 5.76 Å². The van der Waals surface area contributed by atoms with E-state index in [1.165, 1.54) is 0 Å². The van der Waals surface area contributed by atoms with E-state index in [0.717, 1.165) is 11.0 Å². The van der Waals surface area contributed by atoms with Crippen LogP contribution in [0.15, 0.2) is 34.7 Å². The lowest BCUT2D eigenvalue weighted by atomic mass is 10.2. The van der Waals surface area contributed by atoms with Crippen LogP contribution >= 0.6 is 0 Å². The monoisotopic (exact) mass is 218 g/mol. The minimum absolute atomic E-state index is 0.179. The zero-order valence-electron chi connectivity index (χ0n) is 9.20. The van der Waals surface area contributed by atoms with Gasteiger partial charge in [0.2, 0.25) is 0 Å². The molecule has 1 aromatic heterocycles. The third kappa shape index (κ3) is 1.88. The van der Waals surface area contributed by atoms with Crippen LogP contribution in [0.5, 0.6) is 0 Å². The van der Waals surface area contributed by atoms with E-state index in [9.17, 15) is 4.79 Å². The molecule has 2 nitrogen and oxygen atoms in total. The summed E-state index contributed by atoms with van der Waals surface area (Å²) < 4.78 is 5.54. The summed E-state index contributed by atoms with van der Waals surface area (Å²) in [7, 11) is -1.80. The average molecular weight is 218 g/mol. The molecule has 1 heterocycles. The average Bonchev–Trinajstić information content (AvgIpc) is 2.58. The van der Waals surface area contributed by atoms with Crippen molar-refractivity contribution < 1.29 is 9.21 Å². The van der Waals surface area contributed by atoms with Crippen LogP contribution in [-0.2, 0) is 0 Å². The molecular weight excluding hydrogens is 204 g/mol. The fourth-order valence-electron chi connectivity index (χ4n) is 1.46. The van der Waals surface area contributed by atoms with Gasteiger partial charge in [-0.25, -0.2) is 0 Å². The SMILES string of the molecule is C[Si](C)(C)C(=O)c1cc2ccccc2o1. The molecule has 15 heavy (non-hydrogen) atoms. The van der Waals surface area contributed by atoms with Crippen molar-refractivity contribution in [1.29, 1.82) is 0 Å². The molecule has 0 aliphatic heterocycles. The van der Waals surface area contributed by atoms with Crippen molar-refractivity contribution in [1.82, 2.24) is 0 Å².